The molecule has 4 heteroatoms. The fourth-order valence-electron chi connectivity index (χ4n) is 2.39. The van der Waals surface area contributed by atoms with Crippen molar-refractivity contribution in [2.75, 3.05) is 28.3 Å². The van der Waals surface area contributed by atoms with E-state index in [4.69, 9.17) is 15.2 Å². The number of methoxy groups -OCH3 is 2. The van der Waals surface area contributed by atoms with Crippen LogP contribution in [0.2, 0.25) is 0 Å². The molecule has 0 aromatic heterocycles. The van der Waals surface area contributed by atoms with Gasteiger partial charge in [0.2, 0.25) is 0 Å². The van der Waals surface area contributed by atoms with Crippen LogP contribution in [0, 0.1) is 0 Å². The maximum Gasteiger partial charge on any atom is 0.127 e. The average molecular weight is 252 g/mol. The van der Waals surface area contributed by atoms with Crippen molar-refractivity contribution in [3.05, 3.63) is 23.8 Å². The molecular formula is C14H24N2O2. The van der Waals surface area contributed by atoms with Gasteiger partial charge in [-0.2, -0.15) is 0 Å². The first kappa shape index (κ1) is 14.8. The molecule has 0 radical (unpaired) electrons. The number of likely N-dealkylation sites (N-methyl/N-ethyl adjacent to an activating group) is 1. The van der Waals surface area contributed by atoms with Crippen molar-refractivity contribution in [2.45, 2.75) is 25.4 Å². The smallest absolute Gasteiger partial charge is 0.127 e. The molecular weight excluding hydrogens is 228 g/mol. The predicted molar refractivity (Wildman–Crippen MR) is 74.2 cm³/mol. The van der Waals surface area contributed by atoms with Gasteiger partial charge in [0.25, 0.3) is 0 Å². The van der Waals surface area contributed by atoms with Gasteiger partial charge in [-0.05, 0) is 40.1 Å². The van der Waals surface area contributed by atoms with Gasteiger partial charge in [-0.1, -0.05) is 0 Å². The molecule has 1 unspecified atom stereocenters. The van der Waals surface area contributed by atoms with Gasteiger partial charge in [0.15, 0.2) is 0 Å². The zero-order chi connectivity index (χ0) is 13.9. The van der Waals surface area contributed by atoms with Crippen LogP contribution in [0.5, 0.6) is 11.5 Å². The second-order valence-corrected chi connectivity index (χ2v) is 5.30. The molecule has 0 amide bonds. The molecule has 0 heterocycles. The quantitative estimate of drug-likeness (QED) is 0.871. The van der Waals surface area contributed by atoms with Crippen LogP contribution in [0.3, 0.4) is 0 Å². The van der Waals surface area contributed by atoms with Crippen molar-refractivity contribution in [1.29, 1.82) is 0 Å². The Hall–Kier alpha value is -1.26. The average Bonchev–Trinajstić information content (AvgIpc) is 2.27. The molecule has 2 N–H and O–H groups in total. The van der Waals surface area contributed by atoms with E-state index in [0.717, 1.165) is 17.1 Å². The molecule has 1 atom stereocenters. The van der Waals surface area contributed by atoms with Crippen LogP contribution in [0.4, 0.5) is 0 Å². The second kappa shape index (κ2) is 5.59. The predicted octanol–water partition coefficient (Wildman–Crippen LogP) is 2.04. The molecule has 0 saturated carbocycles. The Bertz CT molecular complexity index is 397. The minimum atomic E-state index is -0.370. The zero-order valence-corrected chi connectivity index (χ0v) is 12.2. The summed E-state index contributed by atoms with van der Waals surface area (Å²) in [4.78, 5) is 2.10. The number of hydrogen-bond donors (Lipinski definition) is 1. The summed E-state index contributed by atoms with van der Waals surface area (Å²) in [6.07, 6.45) is 0. The molecule has 102 valence electrons. The molecule has 0 saturated heterocycles. The Kier molecular flexibility index (Phi) is 4.59. The molecule has 18 heavy (non-hydrogen) atoms. The van der Waals surface area contributed by atoms with Crippen LogP contribution in [0.15, 0.2) is 18.2 Å². The summed E-state index contributed by atoms with van der Waals surface area (Å²) >= 11 is 0. The van der Waals surface area contributed by atoms with Gasteiger partial charge in [0.1, 0.15) is 11.5 Å². The molecule has 0 aliphatic rings. The first-order valence-electron chi connectivity index (χ1n) is 5.98. The third-order valence-corrected chi connectivity index (χ3v) is 2.96. The number of nitrogens with zero attached hydrogens (tertiary/aromatic N) is 1. The van der Waals surface area contributed by atoms with Crippen molar-refractivity contribution in [1.82, 2.24) is 4.90 Å². The maximum atomic E-state index is 6.28. The summed E-state index contributed by atoms with van der Waals surface area (Å²) in [6.45, 7) is 4.03. The van der Waals surface area contributed by atoms with Crippen LogP contribution in [-0.4, -0.2) is 38.8 Å². The van der Waals surface area contributed by atoms with Gasteiger partial charge in [-0.25, -0.2) is 0 Å². The van der Waals surface area contributed by atoms with Gasteiger partial charge >= 0.3 is 0 Å². The van der Waals surface area contributed by atoms with Gasteiger partial charge in [0, 0.05) is 17.2 Å². The van der Waals surface area contributed by atoms with Crippen LogP contribution in [-0.2, 0) is 0 Å². The third kappa shape index (κ3) is 3.15. The second-order valence-electron chi connectivity index (χ2n) is 5.30. The summed E-state index contributed by atoms with van der Waals surface area (Å²) in [5, 5.41) is 0. The highest BCUT2D eigenvalue weighted by atomic mass is 16.5. The Morgan fingerprint density at radius 3 is 2.17 bits per heavy atom. The summed E-state index contributed by atoms with van der Waals surface area (Å²) in [5.41, 5.74) is 6.97. The highest BCUT2D eigenvalue weighted by Crippen LogP contribution is 2.36. The number of benzene rings is 1. The van der Waals surface area contributed by atoms with Crippen molar-refractivity contribution in [2.24, 2.45) is 5.73 Å². The minimum absolute atomic E-state index is 0.0679. The van der Waals surface area contributed by atoms with E-state index in [9.17, 15) is 0 Å². The van der Waals surface area contributed by atoms with Gasteiger partial charge < -0.3 is 20.1 Å². The SMILES string of the molecule is COc1ccc(C(N(C)C)C(C)(C)N)c(OC)c1. The van der Waals surface area contributed by atoms with Crippen molar-refractivity contribution in [3.63, 3.8) is 0 Å². The Morgan fingerprint density at radius 1 is 1.17 bits per heavy atom. The van der Waals surface area contributed by atoms with E-state index in [1.165, 1.54) is 0 Å². The monoisotopic (exact) mass is 252 g/mol. The summed E-state index contributed by atoms with van der Waals surface area (Å²) in [5.74, 6) is 1.58. The third-order valence-electron chi connectivity index (χ3n) is 2.96. The van der Waals surface area contributed by atoms with E-state index in [1.54, 1.807) is 14.2 Å². The Labute approximate surface area is 110 Å². The fourth-order valence-corrected chi connectivity index (χ4v) is 2.39. The standard InChI is InChI=1S/C14H24N2O2/c1-14(2,15)13(16(3)4)11-8-7-10(17-5)9-12(11)18-6/h7-9,13H,15H2,1-6H3. The van der Waals surface area contributed by atoms with E-state index >= 15 is 0 Å². The van der Waals surface area contributed by atoms with Crippen LogP contribution in [0.1, 0.15) is 25.5 Å². The first-order valence-corrected chi connectivity index (χ1v) is 5.98. The zero-order valence-electron chi connectivity index (χ0n) is 12.2. The van der Waals surface area contributed by atoms with Crippen LogP contribution < -0.4 is 15.2 Å². The Morgan fingerprint density at radius 2 is 1.78 bits per heavy atom. The molecule has 0 spiro atoms. The minimum Gasteiger partial charge on any atom is -0.497 e. The number of hydrogen-bond acceptors (Lipinski definition) is 4. The lowest BCUT2D eigenvalue weighted by atomic mass is 9.88. The van der Waals surface area contributed by atoms with E-state index in [1.807, 2.05) is 46.1 Å². The lowest BCUT2D eigenvalue weighted by molar-refractivity contribution is 0.199. The van der Waals surface area contributed by atoms with Gasteiger partial charge in [-0.15, -0.1) is 0 Å². The van der Waals surface area contributed by atoms with E-state index in [2.05, 4.69) is 4.90 Å². The van der Waals surface area contributed by atoms with Gasteiger partial charge in [0.05, 0.1) is 20.3 Å². The number of nitrogens with two attached hydrogens (primary N) is 1. The van der Waals surface area contributed by atoms with Gasteiger partial charge in [-0.3, -0.25) is 0 Å². The largest absolute Gasteiger partial charge is 0.497 e. The van der Waals surface area contributed by atoms with E-state index in [-0.39, 0.29) is 11.6 Å². The van der Waals surface area contributed by atoms with E-state index < -0.39 is 0 Å². The molecule has 4 nitrogen and oxygen atoms in total. The Balaban J connectivity index is 3.28. The van der Waals surface area contributed by atoms with E-state index in [0.29, 0.717) is 0 Å². The highest BCUT2D eigenvalue weighted by Gasteiger charge is 2.31. The first-order chi connectivity index (χ1) is 8.31. The summed E-state index contributed by atoms with van der Waals surface area (Å²) in [6, 6.07) is 5.90. The topological polar surface area (TPSA) is 47.7 Å². The maximum absolute atomic E-state index is 6.28. The molecule has 0 fully saturated rings. The molecule has 0 aliphatic heterocycles. The fraction of sp³-hybridized carbons (Fsp3) is 0.571. The summed E-state index contributed by atoms with van der Waals surface area (Å²) < 4.78 is 10.7. The van der Waals surface area contributed by atoms with Crippen molar-refractivity contribution < 1.29 is 9.47 Å². The van der Waals surface area contributed by atoms with Crippen molar-refractivity contribution >= 4 is 0 Å². The normalized spacial score (nSPS) is 13.6. The van der Waals surface area contributed by atoms with Crippen LogP contribution >= 0.6 is 0 Å². The number of ether oxygens (including phenoxy) is 2. The van der Waals surface area contributed by atoms with Crippen LogP contribution in [0.25, 0.3) is 0 Å². The molecule has 0 aliphatic carbocycles. The lowest BCUT2D eigenvalue weighted by Crippen LogP contribution is -2.46. The molecule has 1 rings (SSSR count). The lowest BCUT2D eigenvalue weighted by Gasteiger charge is -2.36. The molecule has 1 aromatic carbocycles. The van der Waals surface area contributed by atoms with Crippen molar-refractivity contribution in [3.8, 4) is 11.5 Å². The highest BCUT2D eigenvalue weighted by molar-refractivity contribution is 5.43. The molecule has 0 bridgehead atoms. The summed E-state index contributed by atoms with van der Waals surface area (Å²) in [7, 11) is 7.34. The molecule has 1 aromatic rings. The number of rotatable bonds is 5.